The maximum Gasteiger partial charge on any atom is 0.0821 e. The maximum absolute atomic E-state index is 6.00. The molecule has 2 aromatic rings. The van der Waals surface area contributed by atoms with Crippen LogP contribution >= 0.6 is 0 Å². The molecule has 3 nitrogen and oxygen atoms in total. The predicted molar refractivity (Wildman–Crippen MR) is 100 cm³/mol. The number of nitrogens with zero attached hydrogens (tertiary/aromatic N) is 2. The summed E-state index contributed by atoms with van der Waals surface area (Å²) in [6.45, 7) is 4.57. The second-order valence-corrected chi connectivity index (χ2v) is 7.86. The number of hydroxylamine groups is 2. The van der Waals surface area contributed by atoms with Crippen molar-refractivity contribution >= 4 is 0 Å². The van der Waals surface area contributed by atoms with Gasteiger partial charge in [0.25, 0.3) is 0 Å². The van der Waals surface area contributed by atoms with Gasteiger partial charge in [-0.25, -0.2) is 0 Å². The van der Waals surface area contributed by atoms with E-state index < -0.39 is 0 Å². The fourth-order valence-electron chi connectivity index (χ4n) is 5.15. The molecule has 5 rings (SSSR count). The molecule has 0 amide bonds. The lowest BCUT2D eigenvalue weighted by Crippen LogP contribution is -2.50. The Bertz CT molecular complexity index is 775. The van der Waals surface area contributed by atoms with Crippen LogP contribution in [0.2, 0.25) is 0 Å². The maximum atomic E-state index is 6.00. The number of rotatable bonds is 1. The van der Waals surface area contributed by atoms with Gasteiger partial charge in [0.2, 0.25) is 0 Å². The van der Waals surface area contributed by atoms with E-state index in [2.05, 4.69) is 72.5 Å². The van der Waals surface area contributed by atoms with E-state index in [1.165, 1.54) is 36.1 Å². The van der Waals surface area contributed by atoms with Crippen LogP contribution in [0.25, 0.3) is 11.1 Å². The van der Waals surface area contributed by atoms with Crippen molar-refractivity contribution in [2.24, 2.45) is 5.92 Å². The van der Waals surface area contributed by atoms with Crippen molar-refractivity contribution in [2.75, 3.05) is 20.1 Å². The van der Waals surface area contributed by atoms with E-state index >= 15 is 0 Å². The largest absolute Gasteiger partial charge is 0.296 e. The summed E-state index contributed by atoms with van der Waals surface area (Å²) in [4.78, 5) is 8.71. The zero-order valence-corrected chi connectivity index (χ0v) is 15.1. The van der Waals surface area contributed by atoms with Crippen molar-refractivity contribution in [1.82, 2.24) is 9.96 Å². The lowest BCUT2D eigenvalue weighted by atomic mass is 9.79. The van der Waals surface area contributed by atoms with Crippen molar-refractivity contribution < 1.29 is 4.84 Å². The lowest BCUT2D eigenvalue weighted by Gasteiger charge is -2.46. The molecule has 0 aliphatic carbocycles. The Morgan fingerprint density at radius 3 is 2.72 bits per heavy atom. The quantitative estimate of drug-likeness (QED) is 0.786. The van der Waals surface area contributed by atoms with Crippen LogP contribution in [0.15, 0.2) is 48.5 Å². The Morgan fingerprint density at radius 1 is 1.04 bits per heavy atom. The highest BCUT2D eigenvalue weighted by molar-refractivity contribution is 5.65. The van der Waals surface area contributed by atoms with Crippen molar-refractivity contribution in [2.45, 2.75) is 38.0 Å². The molecule has 3 aliphatic rings. The Kier molecular flexibility index (Phi) is 3.70. The minimum atomic E-state index is 0.341. The molecule has 0 unspecified atom stereocenters. The third-order valence-corrected chi connectivity index (χ3v) is 6.53. The fraction of sp³-hybridized carbons (Fsp3) is 0.455. The van der Waals surface area contributed by atoms with Gasteiger partial charge < -0.3 is 0 Å². The van der Waals surface area contributed by atoms with Gasteiger partial charge in [0.15, 0.2) is 0 Å². The third-order valence-electron chi connectivity index (χ3n) is 6.53. The molecule has 0 aromatic heterocycles. The van der Waals surface area contributed by atoms with Crippen LogP contribution in [0, 0.1) is 5.92 Å². The van der Waals surface area contributed by atoms with Gasteiger partial charge in [-0.2, -0.15) is 5.06 Å². The first-order valence-electron chi connectivity index (χ1n) is 9.52. The summed E-state index contributed by atoms with van der Waals surface area (Å²) in [5, 5.41) is 2.13. The smallest absolute Gasteiger partial charge is 0.0821 e. The topological polar surface area (TPSA) is 15.7 Å². The van der Waals surface area contributed by atoms with Crippen LogP contribution in [0.1, 0.15) is 30.5 Å². The average molecular weight is 334 g/mol. The number of hydrogen-bond acceptors (Lipinski definition) is 3. The zero-order valence-electron chi connectivity index (χ0n) is 15.1. The van der Waals surface area contributed by atoms with Crippen LogP contribution in [-0.4, -0.2) is 42.2 Å². The van der Waals surface area contributed by atoms with Crippen LogP contribution in [0.4, 0.5) is 0 Å². The molecule has 2 fully saturated rings. The number of fused-ring (bicyclic) bond motifs is 4. The SMILES string of the molecule is C[C@@H]1ON(C)[C@H]2C[C@H]3c4cc(-c5ccccc5)ccc4CCN3C[C@@H]12. The first-order chi connectivity index (χ1) is 12.2. The van der Waals surface area contributed by atoms with E-state index in [0.717, 1.165) is 6.54 Å². The molecule has 0 spiro atoms. The van der Waals surface area contributed by atoms with Gasteiger partial charge in [-0.05, 0) is 48.1 Å². The zero-order chi connectivity index (χ0) is 17.0. The van der Waals surface area contributed by atoms with E-state index in [9.17, 15) is 0 Å². The summed E-state index contributed by atoms with van der Waals surface area (Å²) in [6.07, 6.45) is 2.69. The first kappa shape index (κ1) is 15.6. The highest BCUT2D eigenvalue weighted by Gasteiger charge is 2.47. The normalized spacial score (nSPS) is 32.1. The number of piperidine rings is 1. The summed E-state index contributed by atoms with van der Waals surface area (Å²) in [5.41, 5.74) is 5.73. The van der Waals surface area contributed by atoms with Gasteiger partial charge in [-0.3, -0.25) is 9.74 Å². The first-order valence-corrected chi connectivity index (χ1v) is 9.52. The Labute approximate surface area is 150 Å². The molecular formula is C22H26N2O. The fourth-order valence-corrected chi connectivity index (χ4v) is 5.15. The predicted octanol–water partition coefficient (Wildman–Crippen LogP) is 3.91. The standard InChI is InChI=1S/C22H26N2O/c1-15-20-14-24-11-10-17-8-9-18(16-6-4-3-5-7-16)12-19(17)22(24)13-21(20)23(2)25-15/h3-9,12,15,20-22H,10-11,13-14H2,1-2H3/t15-,20-,21-,22-/m0/s1. The second kappa shape index (κ2) is 5.94. The monoisotopic (exact) mass is 334 g/mol. The summed E-state index contributed by atoms with van der Waals surface area (Å²) < 4.78 is 0. The lowest BCUT2D eigenvalue weighted by molar-refractivity contribution is -0.140. The molecule has 2 aromatic carbocycles. The molecule has 0 N–H and O–H groups in total. The van der Waals surface area contributed by atoms with Crippen molar-refractivity contribution in [3.8, 4) is 11.1 Å². The molecule has 0 saturated carbocycles. The molecular weight excluding hydrogens is 308 g/mol. The van der Waals surface area contributed by atoms with Crippen molar-refractivity contribution in [3.63, 3.8) is 0 Å². The highest BCUT2D eigenvalue weighted by Crippen LogP contribution is 2.44. The molecule has 3 heterocycles. The molecule has 0 bridgehead atoms. The summed E-state index contributed by atoms with van der Waals surface area (Å²) in [5.74, 6) is 0.639. The molecule has 3 heteroatoms. The van der Waals surface area contributed by atoms with E-state index in [1.807, 2.05) is 0 Å². The van der Waals surface area contributed by atoms with Gasteiger partial charge >= 0.3 is 0 Å². The highest BCUT2D eigenvalue weighted by atomic mass is 16.7. The van der Waals surface area contributed by atoms with Crippen LogP contribution in [-0.2, 0) is 11.3 Å². The number of benzene rings is 2. The van der Waals surface area contributed by atoms with Crippen LogP contribution < -0.4 is 0 Å². The Balaban J connectivity index is 1.51. The van der Waals surface area contributed by atoms with Crippen molar-refractivity contribution in [1.29, 1.82) is 0 Å². The summed E-state index contributed by atoms with van der Waals surface area (Å²) in [6, 6.07) is 18.9. The Hall–Kier alpha value is -1.68. The minimum absolute atomic E-state index is 0.341. The minimum Gasteiger partial charge on any atom is -0.296 e. The van der Waals surface area contributed by atoms with Crippen LogP contribution in [0.3, 0.4) is 0 Å². The second-order valence-electron chi connectivity index (χ2n) is 7.86. The van der Waals surface area contributed by atoms with E-state index in [-0.39, 0.29) is 0 Å². The van der Waals surface area contributed by atoms with Gasteiger partial charge in [-0.15, -0.1) is 0 Å². The summed E-state index contributed by atoms with van der Waals surface area (Å²) >= 11 is 0. The van der Waals surface area contributed by atoms with Gasteiger partial charge in [0, 0.05) is 38.1 Å². The molecule has 4 atom stereocenters. The van der Waals surface area contributed by atoms with Crippen LogP contribution in [0.5, 0.6) is 0 Å². The van der Waals surface area contributed by atoms with Gasteiger partial charge in [0.1, 0.15) is 0 Å². The third kappa shape index (κ3) is 2.53. The van der Waals surface area contributed by atoms with E-state index in [4.69, 9.17) is 4.84 Å². The van der Waals surface area contributed by atoms with Gasteiger partial charge in [-0.1, -0.05) is 42.5 Å². The van der Waals surface area contributed by atoms with Crippen molar-refractivity contribution in [3.05, 3.63) is 59.7 Å². The average Bonchev–Trinajstić information content (AvgIpc) is 2.94. The molecule has 3 aliphatic heterocycles. The summed E-state index contributed by atoms with van der Waals surface area (Å²) in [7, 11) is 2.11. The molecule has 0 radical (unpaired) electrons. The number of hydrogen-bond donors (Lipinski definition) is 0. The molecule has 25 heavy (non-hydrogen) atoms. The van der Waals surface area contributed by atoms with Gasteiger partial charge in [0.05, 0.1) is 6.10 Å². The Morgan fingerprint density at radius 2 is 1.88 bits per heavy atom. The van der Waals surface area contributed by atoms with E-state index in [1.54, 1.807) is 5.56 Å². The molecule has 2 saturated heterocycles. The molecule has 130 valence electrons. The van der Waals surface area contributed by atoms with E-state index in [0.29, 0.717) is 24.1 Å².